The lowest BCUT2D eigenvalue weighted by Crippen LogP contribution is -2.53. The van der Waals surface area contributed by atoms with Crippen molar-refractivity contribution in [2.45, 2.75) is 147 Å². The van der Waals surface area contributed by atoms with Gasteiger partial charge in [0.05, 0.1) is 50.1 Å². The molecule has 8 aromatic rings. The third kappa shape index (κ3) is 17.4. The molecule has 0 spiro atoms. The average molecular weight is 1540 g/mol. The lowest BCUT2D eigenvalue weighted by Gasteiger charge is -2.33. The molecule has 18 rings (SSSR count). The molecule has 4 N–H and O–H groups in total. The number of fused-ring (bicyclic) bond motifs is 15. The molecule has 2 aliphatic carbocycles. The van der Waals surface area contributed by atoms with Crippen LogP contribution in [0.4, 0.5) is 4.79 Å². The van der Waals surface area contributed by atoms with Crippen LogP contribution in [0.3, 0.4) is 0 Å². The van der Waals surface area contributed by atoms with Gasteiger partial charge in [-0.15, -0.1) is 0 Å². The van der Waals surface area contributed by atoms with Crippen LogP contribution in [0.2, 0.25) is 0 Å². The van der Waals surface area contributed by atoms with E-state index >= 15 is 0 Å². The Morgan fingerprint density at radius 3 is 1.82 bits per heavy atom. The number of hydrogen-bond acceptors (Lipinski definition) is 17. The number of aliphatic imine (C=N–C) groups is 1. The van der Waals surface area contributed by atoms with Gasteiger partial charge in [0, 0.05) is 166 Å². The third-order valence-corrected chi connectivity index (χ3v) is 25.7. The van der Waals surface area contributed by atoms with Gasteiger partial charge in [-0.2, -0.15) is 25.4 Å². The number of aromatic carboxylic acids is 1. The van der Waals surface area contributed by atoms with Gasteiger partial charge >= 0.3 is 22.2 Å². The van der Waals surface area contributed by atoms with Crippen molar-refractivity contribution in [1.29, 1.82) is 0 Å². The number of methoxy groups -OCH3 is 2. The number of nitrogens with two attached hydrogens (primary N) is 1. The Balaban J connectivity index is 0.000000142. The minimum absolute atomic E-state index is 0.0465. The number of nitrogens with one attached hydrogen (secondary N) is 1. The number of amides is 1. The number of carboxylic acids is 1. The molecule has 5 fully saturated rings. The fraction of sp³-hybridized carbons (Fsp3) is 0.463. The molecule has 12 heterocycles. The van der Waals surface area contributed by atoms with Crippen molar-refractivity contribution >= 4 is 89.7 Å². The van der Waals surface area contributed by atoms with E-state index in [4.69, 9.17) is 14.6 Å². The maximum Gasteiger partial charge on any atom is 0.338 e. The molecule has 110 heavy (non-hydrogen) atoms. The van der Waals surface area contributed by atoms with Gasteiger partial charge in [0.25, 0.3) is 16.1 Å². The lowest BCUT2D eigenvalue weighted by molar-refractivity contribution is -0.116. The van der Waals surface area contributed by atoms with Crippen LogP contribution in [0.1, 0.15) is 177 Å². The molecule has 2 saturated carbocycles. The summed E-state index contributed by atoms with van der Waals surface area (Å²) in [4.78, 5) is 83.5. The number of benzene rings is 4. The zero-order chi connectivity index (χ0) is 76.6. The van der Waals surface area contributed by atoms with Crippen LogP contribution in [0.25, 0.3) is 56.5 Å². The minimum atomic E-state index is -3.98. The van der Waals surface area contributed by atoms with E-state index in [-0.39, 0.29) is 28.7 Å². The highest BCUT2D eigenvalue weighted by molar-refractivity contribution is 7.87. The first-order valence-corrected chi connectivity index (χ1v) is 42.0. The smallest absolute Gasteiger partial charge is 0.338 e. The number of carbonyl (C=O) groups is 5. The molecule has 0 unspecified atom stereocenters. The van der Waals surface area contributed by atoms with Crippen molar-refractivity contribution in [2.24, 2.45) is 10.1 Å². The zero-order valence-electron chi connectivity index (χ0n) is 62.9. The molecule has 10 aliphatic rings. The van der Waals surface area contributed by atoms with Crippen LogP contribution in [0.5, 0.6) is 11.5 Å². The Labute approximate surface area is 643 Å². The van der Waals surface area contributed by atoms with Gasteiger partial charge in [-0.05, 0) is 178 Å². The quantitative estimate of drug-likeness (QED) is 0.108. The highest BCUT2D eigenvalue weighted by Crippen LogP contribution is 2.50. The standard InChI is InChI=1S/C33H40N4O6S.C33H38N4O5S.C9H16N2.C7H6N4O/c1-43-26-10-12-27-24(19-26)18-25(30(38)8-5-13-35-14-16-36(17-15-35)44(34,41)42)21-37-29-20-23(33(39)40)9-11-28(29)31(32(27)37)22-6-3-2-4-7-22;1-42-26-10-12-27-24(19-26)18-25-21-37-29-20-23(9-11-28(29)31(32(27)37)22-6-3-2-4-7-22)33(39)34-43(40,41)36-16-14-35(15-17-36)13-5-8-30(25)38;1-2-5-9-10-6-4-8-11(9)7-3-1;12-7(10-3-1-8-5-10)11-4-2-9-6-11/h9-12,18-20,22H,2-8,13-17,21H2,1H3,(H,39,40)(H2,34,41,42);9-12,18-20,22H,2-8,13-17,21H2,1H3,(H,34,39);1-8H2;1-6H. The number of rotatable bonds is 11. The summed E-state index contributed by atoms with van der Waals surface area (Å²) < 4.78 is 72.9. The normalized spacial score (nSPS) is 20.5. The van der Waals surface area contributed by atoms with Crippen LogP contribution in [-0.4, -0.2) is 208 Å². The van der Waals surface area contributed by atoms with Crippen LogP contribution in [0.15, 0.2) is 126 Å². The highest BCUT2D eigenvalue weighted by atomic mass is 32.2. The summed E-state index contributed by atoms with van der Waals surface area (Å²) >= 11 is 0. The van der Waals surface area contributed by atoms with Crippen LogP contribution in [0, 0.1) is 0 Å². The van der Waals surface area contributed by atoms with Gasteiger partial charge < -0.3 is 38.4 Å². The van der Waals surface area contributed by atoms with Gasteiger partial charge in [-0.1, -0.05) is 57.1 Å². The molecule has 1 amide bonds. The summed E-state index contributed by atoms with van der Waals surface area (Å²) in [7, 11) is -4.38. The number of ether oxygens (including phenoxy) is 2. The van der Waals surface area contributed by atoms with Gasteiger partial charge in [0.2, 0.25) is 0 Å². The van der Waals surface area contributed by atoms with Gasteiger partial charge in [0.1, 0.15) is 24.2 Å². The summed E-state index contributed by atoms with van der Waals surface area (Å²) in [5.74, 6) is 2.10. The number of carboxylic acid groups (broad SMARTS) is 1. The number of carbonyl (C=O) groups excluding carboxylic acids is 4. The fourth-order valence-corrected chi connectivity index (χ4v) is 19.2. The van der Waals surface area contributed by atoms with E-state index in [9.17, 15) is 45.9 Å². The summed E-state index contributed by atoms with van der Waals surface area (Å²) in [6.07, 6.45) is 33.4. The van der Waals surface area contributed by atoms with Crippen molar-refractivity contribution in [3.8, 4) is 34.0 Å². The molecule has 6 bridgehead atoms. The summed E-state index contributed by atoms with van der Waals surface area (Å²) in [6.45, 7) is 9.32. The summed E-state index contributed by atoms with van der Waals surface area (Å²) in [5.41, 5.74) is 12.2. The fourth-order valence-electron chi connectivity index (χ4n) is 17.4. The Morgan fingerprint density at radius 2 is 1.22 bits per heavy atom. The molecular formula is C82H100N14O12S2. The number of hydrogen-bond donors (Lipinski definition) is 3. The SMILES string of the molecule is C1CCC2=NCCCN2CC1.COc1ccc2c(c1)C=C(C(=O)CCCN1CCN(S(N)(=O)=O)CC1)Cn1c-2c(C2CCCCC2)c2ccc(C(=O)O)cc21.COc1ccc2c(c1)C=C1Cn3c-2c(C2CCCCC2)c2ccc(cc23)C(=O)NS(=O)(=O)N2CCN(CCCC1=O)CC2.O=C(n1ccnc1)n1ccnc1. The summed E-state index contributed by atoms with van der Waals surface area (Å²) in [5, 5.41) is 17.2. The second-order valence-electron chi connectivity index (χ2n) is 30.1. The number of piperazine rings is 2. The molecule has 4 aromatic carbocycles. The van der Waals surface area contributed by atoms with Crippen LogP contribution < -0.4 is 19.3 Å². The Morgan fingerprint density at radius 1 is 0.627 bits per heavy atom. The van der Waals surface area contributed by atoms with E-state index in [1.165, 1.54) is 131 Å². The second kappa shape index (κ2) is 34.5. The first kappa shape index (κ1) is 77.3. The number of nitrogens with zero attached hydrogens (tertiary/aromatic N) is 12. The van der Waals surface area contributed by atoms with Crippen molar-refractivity contribution in [2.75, 3.05) is 99.3 Å². The van der Waals surface area contributed by atoms with Crippen molar-refractivity contribution < 1.29 is 55.4 Å². The van der Waals surface area contributed by atoms with Crippen molar-refractivity contribution in [3.05, 3.63) is 155 Å². The van der Waals surface area contributed by atoms with Crippen LogP contribution in [-0.2, 0) is 43.1 Å². The van der Waals surface area contributed by atoms with Gasteiger partial charge in [0.15, 0.2) is 11.6 Å². The average Bonchev–Trinajstić information content (AvgIpc) is 1.58. The molecule has 28 heteroatoms. The van der Waals surface area contributed by atoms with E-state index in [1.54, 1.807) is 57.2 Å². The molecule has 582 valence electrons. The number of imidazole rings is 2. The predicted octanol–water partition coefficient (Wildman–Crippen LogP) is 11.6. The molecule has 4 aromatic heterocycles. The largest absolute Gasteiger partial charge is 0.497 e. The molecule has 0 atom stereocenters. The van der Waals surface area contributed by atoms with Gasteiger partial charge in [-0.3, -0.25) is 28.5 Å². The first-order chi connectivity index (χ1) is 53.3. The van der Waals surface area contributed by atoms with E-state index in [0.29, 0.717) is 121 Å². The van der Waals surface area contributed by atoms with Crippen LogP contribution >= 0.6 is 0 Å². The highest BCUT2D eigenvalue weighted by Gasteiger charge is 2.36. The monoisotopic (exact) mass is 1540 g/mol. The van der Waals surface area contributed by atoms with Crippen molar-refractivity contribution in [1.82, 2.24) is 56.3 Å². The van der Waals surface area contributed by atoms with E-state index in [1.807, 2.05) is 54.6 Å². The first-order valence-electron chi connectivity index (χ1n) is 39.0. The predicted molar refractivity (Wildman–Crippen MR) is 424 cm³/mol. The second-order valence-corrected chi connectivity index (χ2v) is 33.3. The maximum absolute atomic E-state index is 13.9. The molecular weight excluding hydrogens is 1440 g/mol. The molecule has 8 aliphatic heterocycles. The Kier molecular flexibility index (Phi) is 24.2. The Bertz CT molecular complexity index is 5020. The minimum Gasteiger partial charge on any atom is -0.497 e. The number of amidine groups is 1. The number of ketones is 2. The molecule has 26 nitrogen and oxygen atoms in total. The Hall–Kier alpha value is -9.42. The van der Waals surface area contributed by atoms with E-state index in [2.05, 4.69) is 55.6 Å². The van der Waals surface area contributed by atoms with E-state index in [0.717, 1.165) is 106 Å². The van der Waals surface area contributed by atoms with Gasteiger partial charge in [-0.25, -0.2) is 29.4 Å². The van der Waals surface area contributed by atoms with Crippen molar-refractivity contribution in [3.63, 3.8) is 0 Å². The van der Waals surface area contributed by atoms with E-state index < -0.39 is 32.3 Å². The third-order valence-electron chi connectivity index (χ3n) is 23.2. The number of aromatic nitrogens is 6. The zero-order valence-corrected chi connectivity index (χ0v) is 64.6. The maximum atomic E-state index is 13.9. The summed E-state index contributed by atoms with van der Waals surface area (Å²) in [6, 6.07) is 22.8. The lowest BCUT2D eigenvalue weighted by atomic mass is 9.81. The number of allylic oxidation sites excluding steroid dienone is 2. The molecule has 3 saturated heterocycles. The number of Topliss-reactive ketones (excluding diaryl/α,β-unsaturated/α-hetero) is 2. The topological polar surface area (TPSA) is 304 Å². The molecule has 0 radical (unpaired) electrons.